The first-order valence-electron chi connectivity index (χ1n) is 7.66. The summed E-state index contributed by atoms with van der Waals surface area (Å²) in [7, 11) is -4.07. The van der Waals surface area contributed by atoms with Crippen LogP contribution in [0.15, 0.2) is 47.4 Å². The lowest BCUT2D eigenvalue weighted by Gasteiger charge is -2.24. The van der Waals surface area contributed by atoms with Crippen molar-refractivity contribution in [2.24, 2.45) is 0 Å². The molecule has 27 heavy (non-hydrogen) atoms. The molecule has 0 aromatic heterocycles. The van der Waals surface area contributed by atoms with Gasteiger partial charge in [0, 0.05) is 13.0 Å². The molecule has 2 N–H and O–H groups in total. The van der Waals surface area contributed by atoms with Gasteiger partial charge in [0.1, 0.15) is 0 Å². The summed E-state index contributed by atoms with van der Waals surface area (Å²) in [6.07, 6.45) is -0.156. The minimum absolute atomic E-state index is 0.00355. The number of sulfonamides is 1. The molecule has 0 heterocycles. The van der Waals surface area contributed by atoms with E-state index in [0.717, 1.165) is 4.31 Å². The predicted molar refractivity (Wildman–Crippen MR) is 101 cm³/mol. The molecule has 2 aromatic rings. The van der Waals surface area contributed by atoms with E-state index in [9.17, 15) is 18.0 Å². The fourth-order valence-corrected chi connectivity index (χ4v) is 4.19. The van der Waals surface area contributed by atoms with Crippen LogP contribution in [-0.4, -0.2) is 37.1 Å². The van der Waals surface area contributed by atoms with Crippen molar-refractivity contribution in [3.05, 3.63) is 58.1 Å². The van der Waals surface area contributed by atoms with Crippen molar-refractivity contribution < 1.29 is 28.2 Å². The first kappa shape index (κ1) is 21.0. The molecular formula is C17H15Cl2NO6S. The zero-order valence-electron chi connectivity index (χ0n) is 13.8. The molecule has 0 radical (unpaired) electrons. The molecular weight excluding hydrogens is 417 g/mol. The van der Waals surface area contributed by atoms with Crippen molar-refractivity contribution >= 4 is 50.9 Å². The molecule has 0 unspecified atom stereocenters. The number of aromatic carboxylic acids is 1. The Labute approximate surface area is 165 Å². The van der Waals surface area contributed by atoms with Gasteiger partial charge in [-0.05, 0) is 48.9 Å². The van der Waals surface area contributed by atoms with Gasteiger partial charge in [-0.25, -0.2) is 13.2 Å². The molecule has 0 amide bonds. The number of hydrogen-bond acceptors (Lipinski definition) is 4. The normalized spacial score (nSPS) is 11.2. The molecule has 2 rings (SSSR count). The van der Waals surface area contributed by atoms with Gasteiger partial charge < -0.3 is 10.2 Å². The predicted octanol–water partition coefficient (Wildman–Crippen LogP) is 3.75. The van der Waals surface area contributed by atoms with Crippen molar-refractivity contribution in [1.82, 2.24) is 0 Å². The molecule has 0 aliphatic carbocycles. The van der Waals surface area contributed by atoms with E-state index < -0.39 is 22.0 Å². The first-order valence-corrected chi connectivity index (χ1v) is 9.85. The van der Waals surface area contributed by atoms with Crippen LogP contribution >= 0.6 is 23.2 Å². The maximum Gasteiger partial charge on any atom is 0.335 e. The van der Waals surface area contributed by atoms with Gasteiger partial charge in [0.15, 0.2) is 0 Å². The summed E-state index contributed by atoms with van der Waals surface area (Å²) in [5.74, 6) is -2.20. The Kier molecular flexibility index (Phi) is 6.69. The van der Waals surface area contributed by atoms with E-state index in [0.29, 0.717) is 0 Å². The largest absolute Gasteiger partial charge is 0.481 e. The Morgan fingerprint density at radius 3 is 2.11 bits per heavy atom. The summed E-state index contributed by atoms with van der Waals surface area (Å²) in [6, 6.07) is 9.07. The minimum Gasteiger partial charge on any atom is -0.481 e. The second-order valence-corrected chi connectivity index (χ2v) is 8.18. The molecule has 0 bridgehead atoms. The van der Waals surface area contributed by atoms with Gasteiger partial charge in [-0.3, -0.25) is 9.10 Å². The van der Waals surface area contributed by atoms with Crippen LogP contribution in [0.2, 0.25) is 10.0 Å². The summed E-state index contributed by atoms with van der Waals surface area (Å²) >= 11 is 11.7. The van der Waals surface area contributed by atoms with E-state index >= 15 is 0 Å². The number of aliphatic carboxylic acids is 1. The van der Waals surface area contributed by atoms with Crippen molar-refractivity contribution in [2.45, 2.75) is 17.7 Å². The molecule has 2 aromatic carbocycles. The molecule has 7 nitrogen and oxygen atoms in total. The average molecular weight is 432 g/mol. The van der Waals surface area contributed by atoms with E-state index in [1.807, 2.05) is 0 Å². The fourth-order valence-electron chi connectivity index (χ4n) is 2.30. The molecule has 0 atom stereocenters. The van der Waals surface area contributed by atoms with Crippen LogP contribution in [0, 0.1) is 0 Å². The highest BCUT2D eigenvalue weighted by molar-refractivity contribution is 7.92. The SMILES string of the molecule is O=C(O)CCCN(c1ccc(C(=O)O)cc1)S(=O)(=O)c1ccc(Cl)c(Cl)c1. The van der Waals surface area contributed by atoms with Gasteiger partial charge in [0.25, 0.3) is 10.0 Å². The Morgan fingerprint density at radius 2 is 1.59 bits per heavy atom. The number of anilines is 1. The smallest absolute Gasteiger partial charge is 0.335 e. The summed E-state index contributed by atoms with van der Waals surface area (Å²) in [4.78, 5) is 21.6. The lowest BCUT2D eigenvalue weighted by Crippen LogP contribution is -2.32. The van der Waals surface area contributed by atoms with Gasteiger partial charge in [0.2, 0.25) is 0 Å². The molecule has 0 aliphatic heterocycles. The van der Waals surface area contributed by atoms with Crippen LogP contribution in [0.1, 0.15) is 23.2 Å². The number of carboxylic acid groups (broad SMARTS) is 2. The van der Waals surface area contributed by atoms with Crippen molar-refractivity contribution in [3.8, 4) is 0 Å². The summed E-state index contributed by atoms with van der Waals surface area (Å²) in [6.45, 7) is -0.110. The third-order valence-corrected chi connectivity index (χ3v) is 6.20. The fraction of sp³-hybridized carbons (Fsp3) is 0.176. The van der Waals surface area contributed by atoms with E-state index in [4.69, 9.17) is 33.4 Å². The molecule has 0 saturated carbocycles. The van der Waals surface area contributed by atoms with Gasteiger partial charge in [0.05, 0.1) is 26.2 Å². The van der Waals surface area contributed by atoms with Crippen LogP contribution in [0.4, 0.5) is 5.69 Å². The van der Waals surface area contributed by atoms with E-state index in [1.165, 1.54) is 42.5 Å². The van der Waals surface area contributed by atoms with Crippen LogP contribution in [-0.2, 0) is 14.8 Å². The third kappa shape index (κ3) is 5.12. The van der Waals surface area contributed by atoms with Crippen LogP contribution in [0.25, 0.3) is 0 Å². The Hall–Kier alpha value is -2.29. The van der Waals surface area contributed by atoms with Gasteiger partial charge in [-0.2, -0.15) is 0 Å². The lowest BCUT2D eigenvalue weighted by atomic mass is 10.2. The van der Waals surface area contributed by atoms with Crippen LogP contribution in [0.3, 0.4) is 0 Å². The number of nitrogens with zero attached hydrogens (tertiary/aromatic N) is 1. The molecule has 0 saturated heterocycles. The van der Waals surface area contributed by atoms with Crippen LogP contribution < -0.4 is 4.31 Å². The van der Waals surface area contributed by atoms with Crippen LogP contribution in [0.5, 0.6) is 0 Å². The van der Waals surface area contributed by atoms with Gasteiger partial charge >= 0.3 is 11.9 Å². The highest BCUT2D eigenvalue weighted by Gasteiger charge is 2.26. The van der Waals surface area contributed by atoms with E-state index in [1.54, 1.807) is 0 Å². The highest BCUT2D eigenvalue weighted by atomic mass is 35.5. The maximum absolute atomic E-state index is 13.1. The Balaban J connectivity index is 2.45. The lowest BCUT2D eigenvalue weighted by molar-refractivity contribution is -0.137. The molecule has 0 aliphatic rings. The monoisotopic (exact) mass is 431 g/mol. The average Bonchev–Trinajstić information content (AvgIpc) is 2.60. The molecule has 0 spiro atoms. The summed E-state index contributed by atoms with van der Waals surface area (Å²) in [5.41, 5.74) is 0.202. The minimum atomic E-state index is -4.07. The molecule has 144 valence electrons. The highest BCUT2D eigenvalue weighted by Crippen LogP contribution is 2.29. The first-order chi connectivity index (χ1) is 12.6. The quantitative estimate of drug-likeness (QED) is 0.657. The van der Waals surface area contributed by atoms with E-state index in [2.05, 4.69) is 0 Å². The Bertz CT molecular complexity index is 960. The summed E-state index contributed by atoms with van der Waals surface area (Å²) in [5, 5.41) is 18.1. The molecule has 10 heteroatoms. The standard InChI is InChI=1S/C17H15Cl2NO6S/c18-14-8-7-13(10-15(14)19)27(25,26)20(9-1-2-16(21)22)12-5-3-11(4-6-12)17(23)24/h3-8,10H,1-2,9H2,(H,21,22)(H,23,24). The number of benzene rings is 2. The zero-order valence-corrected chi connectivity index (χ0v) is 16.1. The number of hydrogen-bond donors (Lipinski definition) is 2. The number of carboxylic acids is 2. The number of halogens is 2. The topological polar surface area (TPSA) is 112 Å². The second-order valence-electron chi connectivity index (χ2n) is 5.50. The zero-order chi connectivity index (χ0) is 20.2. The van der Waals surface area contributed by atoms with Gasteiger partial charge in [-0.1, -0.05) is 23.2 Å². The second kappa shape index (κ2) is 8.60. The van der Waals surface area contributed by atoms with Crippen molar-refractivity contribution in [1.29, 1.82) is 0 Å². The Morgan fingerprint density at radius 1 is 0.963 bits per heavy atom. The maximum atomic E-state index is 13.1. The number of carbonyl (C=O) groups is 2. The molecule has 0 fully saturated rings. The van der Waals surface area contributed by atoms with Crippen molar-refractivity contribution in [3.63, 3.8) is 0 Å². The number of rotatable bonds is 8. The summed E-state index contributed by atoms with van der Waals surface area (Å²) < 4.78 is 27.1. The van der Waals surface area contributed by atoms with E-state index in [-0.39, 0.29) is 45.6 Å². The third-order valence-electron chi connectivity index (χ3n) is 3.63. The van der Waals surface area contributed by atoms with Crippen molar-refractivity contribution in [2.75, 3.05) is 10.8 Å². The van der Waals surface area contributed by atoms with Gasteiger partial charge in [-0.15, -0.1) is 0 Å².